The van der Waals surface area contributed by atoms with Crippen molar-refractivity contribution in [1.29, 1.82) is 0 Å². The highest BCUT2D eigenvalue weighted by atomic mass is 16.5. The minimum atomic E-state index is -0.582. The van der Waals surface area contributed by atoms with E-state index in [9.17, 15) is 4.79 Å². The predicted molar refractivity (Wildman–Crippen MR) is 57.8 cm³/mol. The molecule has 0 radical (unpaired) electrons. The third kappa shape index (κ3) is 2.10. The molecule has 0 aromatic heterocycles. The summed E-state index contributed by atoms with van der Waals surface area (Å²) < 4.78 is 10.2. The van der Waals surface area contributed by atoms with Gasteiger partial charge in [0.15, 0.2) is 11.5 Å². The quantitative estimate of drug-likeness (QED) is 0.754. The molecule has 0 aliphatic rings. The number of primary amides is 1. The summed E-state index contributed by atoms with van der Waals surface area (Å²) in [5, 5.41) is 0. The summed E-state index contributed by atoms with van der Waals surface area (Å²) in [5.74, 6) is 0.419. The summed E-state index contributed by atoms with van der Waals surface area (Å²) in [6, 6.07) is 5.18. The molecule has 0 fully saturated rings. The number of carbonyl (C=O) groups is 1. The van der Waals surface area contributed by atoms with Crippen LogP contribution in [-0.2, 0) is 4.79 Å². The third-order valence-electron chi connectivity index (χ3n) is 2.03. The molecule has 0 aliphatic heterocycles. The first-order chi connectivity index (χ1) is 7.11. The molecule has 0 aliphatic carbocycles. The van der Waals surface area contributed by atoms with Crippen molar-refractivity contribution in [2.45, 2.75) is 0 Å². The Morgan fingerprint density at radius 3 is 2.47 bits per heavy atom. The molecule has 0 heterocycles. The highest BCUT2D eigenvalue weighted by Gasteiger charge is 2.14. The molecule has 80 valence electrons. The Hall–Kier alpha value is -1.97. The zero-order valence-corrected chi connectivity index (χ0v) is 8.74. The summed E-state index contributed by atoms with van der Waals surface area (Å²) in [5.41, 5.74) is 5.89. The second-order valence-electron chi connectivity index (χ2n) is 2.88. The van der Waals surface area contributed by atoms with Crippen molar-refractivity contribution in [1.82, 2.24) is 0 Å². The Labute approximate surface area is 88.3 Å². The van der Waals surface area contributed by atoms with Crippen molar-refractivity contribution >= 4 is 11.5 Å². The zero-order valence-electron chi connectivity index (χ0n) is 8.74. The maximum atomic E-state index is 11.0. The fourth-order valence-corrected chi connectivity index (χ4v) is 1.26. The Balaban J connectivity index is 3.29. The van der Waals surface area contributed by atoms with Crippen LogP contribution in [-0.4, -0.2) is 20.1 Å². The fourth-order valence-electron chi connectivity index (χ4n) is 1.26. The van der Waals surface area contributed by atoms with E-state index in [1.807, 2.05) is 0 Å². The molecule has 1 rings (SSSR count). The third-order valence-corrected chi connectivity index (χ3v) is 2.03. The van der Waals surface area contributed by atoms with Crippen LogP contribution >= 0.6 is 0 Å². The number of nitrogens with two attached hydrogens (primary N) is 1. The van der Waals surface area contributed by atoms with E-state index in [0.717, 1.165) is 0 Å². The summed E-state index contributed by atoms with van der Waals surface area (Å²) in [4.78, 5) is 11.0. The predicted octanol–water partition coefficient (Wildman–Crippen LogP) is 1.20. The van der Waals surface area contributed by atoms with Crippen molar-refractivity contribution in [2.24, 2.45) is 5.73 Å². The number of carbonyl (C=O) groups excluding carboxylic acids is 1. The largest absolute Gasteiger partial charge is 0.493 e. The van der Waals surface area contributed by atoms with E-state index >= 15 is 0 Å². The normalized spacial score (nSPS) is 9.47. The van der Waals surface area contributed by atoms with Crippen LogP contribution in [0.15, 0.2) is 24.8 Å². The van der Waals surface area contributed by atoms with Gasteiger partial charge in [0, 0.05) is 11.1 Å². The van der Waals surface area contributed by atoms with Gasteiger partial charge in [0.1, 0.15) is 0 Å². The van der Waals surface area contributed by atoms with Gasteiger partial charge in [-0.05, 0) is 6.07 Å². The molecule has 0 bridgehead atoms. The minimum absolute atomic E-state index is 0.200. The van der Waals surface area contributed by atoms with Crippen LogP contribution in [0.1, 0.15) is 5.56 Å². The molecule has 0 saturated carbocycles. The van der Waals surface area contributed by atoms with Gasteiger partial charge in [-0.1, -0.05) is 18.7 Å². The zero-order chi connectivity index (χ0) is 11.4. The lowest BCUT2D eigenvalue weighted by Gasteiger charge is -2.12. The van der Waals surface area contributed by atoms with Crippen molar-refractivity contribution in [3.05, 3.63) is 30.3 Å². The minimum Gasteiger partial charge on any atom is -0.493 e. The van der Waals surface area contributed by atoms with Crippen molar-refractivity contribution in [2.75, 3.05) is 14.2 Å². The van der Waals surface area contributed by atoms with Gasteiger partial charge in [0.25, 0.3) is 0 Å². The molecule has 0 unspecified atom stereocenters. The summed E-state index contributed by atoms with van der Waals surface area (Å²) >= 11 is 0. The summed E-state index contributed by atoms with van der Waals surface area (Å²) in [6.45, 7) is 3.60. The number of benzene rings is 1. The first kappa shape index (κ1) is 11.1. The molecule has 15 heavy (non-hydrogen) atoms. The first-order valence-electron chi connectivity index (χ1n) is 4.32. The summed E-state index contributed by atoms with van der Waals surface area (Å²) in [7, 11) is 3.02. The monoisotopic (exact) mass is 207 g/mol. The Morgan fingerprint density at radius 2 is 2.00 bits per heavy atom. The van der Waals surface area contributed by atoms with Gasteiger partial charge in [-0.25, -0.2) is 0 Å². The van der Waals surface area contributed by atoms with Crippen LogP contribution in [0.25, 0.3) is 5.57 Å². The van der Waals surface area contributed by atoms with E-state index in [0.29, 0.717) is 17.1 Å². The number of hydrogen-bond donors (Lipinski definition) is 1. The molecular formula is C11H13NO3. The van der Waals surface area contributed by atoms with Gasteiger partial charge in [-0.2, -0.15) is 0 Å². The van der Waals surface area contributed by atoms with E-state index < -0.39 is 5.91 Å². The average Bonchev–Trinajstić information content (AvgIpc) is 2.26. The van der Waals surface area contributed by atoms with Crippen molar-refractivity contribution in [3.8, 4) is 11.5 Å². The van der Waals surface area contributed by atoms with Gasteiger partial charge >= 0.3 is 0 Å². The van der Waals surface area contributed by atoms with Gasteiger partial charge in [-0.15, -0.1) is 0 Å². The van der Waals surface area contributed by atoms with E-state index in [2.05, 4.69) is 6.58 Å². The number of methoxy groups -OCH3 is 2. The maximum absolute atomic E-state index is 11.0. The molecule has 0 spiro atoms. The molecule has 0 atom stereocenters. The van der Waals surface area contributed by atoms with Gasteiger partial charge in [-0.3, -0.25) is 4.79 Å². The molecular weight excluding hydrogens is 194 g/mol. The van der Waals surface area contributed by atoms with Gasteiger partial charge in [0.05, 0.1) is 14.2 Å². The summed E-state index contributed by atoms with van der Waals surface area (Å²) in [6.07, 6.45) is 0. The number of ether oxygens (including phenoxy) is 2. The lowest BCUT2D eigenvalue weighted by atomic mass is 10.1. The standard InChI is InChI=1S/C11H13NO3/c1-7(11(12)13)8-5-4-6-9(14-2)10(8)15-3/h4-6H,1H2,2-3H3,(H2,12,13). The van der Waals surface area contributed by atoms with Crippen molar-refractivity contribution < 1.29 is 14.3 Å². The molecule has 4 nitrogen and oxygen atoms in total. The topological polar surface area (TPSA) is 61.6 Å². The van der Waals surface area contributed by atoms with Gasteiger partial charge in [0.2, 0.25) is 5.91 Å². The van der Waals surface area contributed by atoms with Crippen LogP contribution in [0.5, 0.6) is 11.5 Å². The number of hydrogen-bond acceptors (Lipinski definition) is 3. The van der Waals surface area contributed by atoms with E-state index in [1.165, 1.54) is 14.2 Å². The lowest BCUT2D eigenvalue weighted by Crippen LogP contribution is -2.12. The van der Waals surface area contributed by atoms with Crippen molar-refractivity contribution in [3.63, 3.8) is 0 Å². The highest BCUT2D eigenvalue weighted by molar-refractivity contribution is 6.18. The molecule has 1 aromatic carbocycles. The Kier molecular flexibility index (Phi) is 3.33. The second kappa shape index (κ2) is 4.50. The molecule has 2 N–H and O–H groups in total. The highest BCUT2D eigenvalue weighted by Crippen LogP contribution is 2.34. The Morgan fingerprint density at radius 1 is 1.33 bits per heavy atom. The van der Waals surface area contributed by atoms with E-state index in [4.69, 9.17) is 15.2 Å². The number of amides is 1. The van der Waals surface area contributed by atoms with E-state index in [-0.39, 0.29) is 5.57 Å². The SMILES string of the molecule is C=C(C(N)=O)c1cccc(OC)c1OC. The maximum Gasteiger partial charge on any atom is 0.248 e. The molecule has 1 aromatic rings. The Bertz CT molecular complexity index is 399. The van der Waals surface area contributed by atoms with Crippen LogP contribution in [0.4, 0.5) is 0 Å². The average molecular weight is 207 g/mol. The number of para-hydroxylation sites is 1. The number of rotatable bonds is 4. The lowest BCUT2D eigenvalue weighted by molar-refractivity contribution is -0.112. The molecule has 0 saturated heterocycles. The van der Waals surface area contributed by atoms with Crippen LogP contribution in [0, 0.1) is 0 Å². The van der Waals surface area contributed by atoms with Crippen LogP contribution in [0.3, 0.4) is 0 Å². The first-order valence-corrected chi connectivity index (χ1v) is 4.32. The van der Waals surface area contributed by atoms with Crippen LogP contribution < -0.4 is 15.2 Å². The fraction of sp³-hybridized carbons (Fsp3) is 0.182. The van der Waals surface area contributed by atoms with E-state index in [1.54, 1.807) is 18.2 Å². The van der Waals surface area contributed by atoms with Crippen LogP contribution in [0.2, 0.25) is 0 Å². The van der Waals surface area contributed by atoms with Gasteiger partial charge < -0.3 is 15.2 Å². The second-order valence-corrected chi connectivity index (χ2v) is 2.88. The molecule has 4 heteroatoms. The smallest absolute Gasteiger partial charge is 0.248 e. The molecule has 1 amide bonds.